The van der Waals surface area contributed by atoms with Crippen molar-refractivity contribution in [3.05, 3.63) is 58.3 Å². The Morgan fingerprint density at radius 2 is 1.73 bits per heavy atom. The van der Waals surface area contributed by atoms with Crippen LogP contribution in [0.15, 0.2) is 41.2 Å². The van der Waals surface area contributed by atoms with E-state index in [0.717, 1.165) is 17.5 Å². The van der Waals surface area contributed by atoms with E-state index in [4.69, 9.17) is 4.74 Å². The second-order valence-electron chi connectivity index (χ2n) is 7.47. The van der Waals surface area contributed by atoms with Crippen LogP contribution in [0.1, 0.15) is 23.3 Å². The maximum absolute atomic E-state index is 13.2. The van der Waals surface area contributed by atoms with E-state index in [1.165, 1.54) is 36.4 Å². The summed E-state index contributed by atoms with van der Waals surface area (Å²) in [6.45, 7) is 3.09. The molecule has 158 valence electrons. The molecule has 4 rings (SSSR count). The Morgan fingerprint density at radius 1 is 1.00 bits per heavy atom. The first-order valence-corrected chi connectivity index (χ1v) is 10.0. The van der Waals surface area contributed by atoms with Crippen molar-refractivity contribution in [2.24, 2.45) is 5.92 Å². The van der Waals surface area contributed by atoms with Crippen LogP contribution in [0, 0.1) is 11.7 Å². The van der Waals surface area contributed by atoms with Crippen LogP contribution in [-0.2, 0) is 9.53 Å². The van der Waals surface area contributed by atoms with E-state index in [1.807, 2.05) is 0 Å². The van der Waals surface area contributed by atoms with Gasteiger partial charge in [0.15, 0.2) is 0 Å². The van der Waals surface area contributed by atoms with Crippen LogP contribution < -0.4 is 5.56 Å². The van der Waals surface area contributed by atoms with Crippen LogP contribution in [0.25, 0.3) is 5.69 Å². The van der Waals surface area contributed by atoms with Crippen molar-refractivity contribution in [1.82, 2.24) is 19.6 Å². The van der Waals surface area contributed by atoms with Crippen molar-refractivity contribution in [1.29, 1.82) is 0 Å². The van der Waals surface area contributed by atoms with Crippen LogP contribution in [0.5, 0.6) is 0 Å². The highest BCUT2D eigenvalue weighted by Crippen LogP contribution is 2.21. The van der Waals surface area contributed by atoms with Crippen molar-refractivity contribution in [2.45, 2.75) is 12.8 Å². The molecule has 1 aromatic heterocycles. The Hall–Kier alpha value is -3.07. The summed E-state index contributed by atoms with van der Waals surface area (Å²) >= 11 is 0. The van der Waals surface area contributed by atoms with Crippen LogP contribution in [-0.4, -0.2) is 70.8 Å². The number of likely N-dealkylation sites (tertiary alicyclic amines) is 1. The van der Waals surface area contributed by atoms with Gasteiger partial charge in [0.2, 0.25) is 5.91 Å². The largest absolute Gasteiger partial charge is 0.378 e. The summed E-state index contributed by atoms with van der Waals surface area (Å²) in [5.41, 5.74) is 0.0608. The lowest BCUT2D eigenvalue weighted by molar-refractivity contribution is -0.141. The van der Waals surface area contributed by atoms with Gasteiger partial charge in [-0.2, -0.15) is 9.78 Å². The Morgan fingerprint density at radius 3 is 2.47 bits per heavy atom. The summed E-state index contributed by atoms with van der Waals surface area (Å²) in [6.07, 6.45) is 1.46. The molecular weight excluding hydrogens is 391 g/mol. The van der Waals surface area contributed by atoms with Crippen molar-refractivity contribution in [2.75, 3.05) is 39.4 Å². The molecule has 2 aliphatic heterocycles. The fraction of sp³-hybridized carbons (Fsp3) is 0.429. The SMILES string of the molecule is O=C(c1ccc(=O)n(-c2ccc(F)cc2)n1)N1CCCC(C(=O)N2CCOCC2)C1. The number of carbonyl (C=O) groups is 2. The van der Waals surface area contributed by atoms with Gasteiger partial charge in [-0.3, -0.25) is 14.4 Å². The number of amides is 2. The topological polar surface area (TPSA) is 84.7 Å². The summed E-state index contributed by atoms with van der Waals surface area (Å²) in [5.74, 6) is -0.947. The lowest BCUT2D eigenvalue weighted by Gasteiger charge is -2.36. The van der Waals surface area contributed by atoms with Gasteiger partial charge in [0, 0.05) is 32.2 Å². The van der Waals surface area contributed by atoms with Crippen molar-refractivity contribution < 1.29 is 18.7 Å². The lowest BCUT2D eigenvalue weighted by atomic mass is 9.96. The van der Waals surface area contributed by atoms with Gasteiger partial charge in [-0.25, -0.2) is 4.39 Å². The standard InChI is InChI=1S/C21H23FN4O4/c22-16-3-5-17(6-4-16)26-19(27)8-7-18(23-26)21(29)25-9-1-2-15(14-25)20(28)24-10-12-30-13-11-24/h3-8,15H,1-2,9-14H2. The maximum atomic E-state index is 13.2. The minimum atomic E-state index is -0.427. The predicted molar refractivity (Wildman–Crippen MR) is 106 cm³/mol. The van der Waals surface area contributed by atoms with Gasteiger partial charge in [-0.15, -0.1) is 0 Å². The molecule has 0 bridgehead atoms. The van der Waals surface area contributed by atoms with Gasteiger partial charge in [-0.1, -0.05) is 0 Å². The molecule has 8 nitrogen and oxygen atoms in total. The van der Waals surface area contributed by atoms with E-state index in [0.29, 0.717) is 45.1 Å². The van der Waals surface area contributed by atoms with E-state index >= 15 is 0 Å². The second-order valence-corrected chi connectivity index (χ2v) is 7.47. The van der Waals surface area contributed by atoms with Gasteiger partial charge in [0.1, 0.15) is 11.5 Å². The average molecular weight is 414 g/mol. The predicted octanol–water partition coefficient (Wildman–Crippen LogP) is 1.08. The molecule has 30 heavy (non-hydrogen) atoms. The first kappa shape index (κ1) is 20.2. The minimum absolute atomic E-state index is 0.0556. The van der Waals surface area contributed by atoms with Gasteiger partial charge in [0.25, 0.3) is 11.5 Å². The summed E-state index contributed by atoms with van der Waals surface area (Å²) in [5, 5.41) is 4.19. The Labute approximate surface area is 172 Å². The number of benzene rings is 1. The summed E-state index contributed by atoms with van der Waals surface area (Å²) in [6, 6.07) is 7.96. The van der Waals surface area contributed by atoms with Crippen molar-refractivity contribution >= 4 is 11.8 Å². The Balaban J connectivity index is 1.51. The zero-order valence-corrected chi connectivity index (χ0v) is 16.5. The van der Waals surface area contributed by atoms with E-state index in [1.54, 1.807) is 9.80 Å². The number of hydrogen-bond acceptors (Lipinski definition) is 5. The van der Waals surface area contributed by atoms with Gasteiger partial charge in [-0.05, 0) is 43.2 Å². The number of halogens is 1. The smallest absolute Gasteiger partial charge is 0.274 e. The number of carbonyl (C=O) groups excluding carboxylic acids is 2. The van der Waals surface area contributed by atoms with E-state index in [2.05, 4.69) is 5.10 Å². The highest BCUT2D eigenvalue weighted by molar-refractivity contribution is 5.92. The van der Waals surface area contributed by atoms with E-state index in [-0.39, 0.29) is 23.4 Å². The normalized spacial score (nSPS) is 19.6. The zero-order valence-electron chi connectivity index (χ0n) is 16.5. The summed E-state index contributed by atoms with van der Waals surface area (Å²) in [4.78, 5) is 41.5. The molecule has 0 N–H and O–H groups in total. The van der Waals surface area contributed by atoms with E-state index < -0.39 is 11.4 Å². The third kappa shape index (κ3) is 4.25. The second kappa shape index (κ2) is 8.74. The summed E-state index contributed by atoms with van der Waals surface area (Å²) in [7, 11) is 0. The molecule has 2 saturated heterocycles. The fourth-order valence-corrected chi connectivity index (χ4v) is 3.86. The third-order valence-electron chi connectivity index (χ3n) is 5.47. The lowest BCUT2D eigenvalue weighted by Crippen LogP contribution is -2.49. The van der Waals surface area contributed by atoms with Crippen LogP contribution in [0.4, 0.5) is 4.39 Å². The van der Waals surface area contributed by atoms with Crippen LogP contribution >= 0.6 is 0 Å². The molecule has 1 atom stereocenters. The van der Waals surface area contributed by atoms with Gasteiger partial charge >= 0.3 is 0 Å². The Kier molecular flexibility index (Phi) is 5.89. The molecule has 2 aromatic rings. The van der Waals surface area contributed by atoms with E-state index in [9.17, 15) is 18.8 Å². The molecule has 3 heterocycles. The fourth-order valence-electron chi connectivity index (χ4n) is 3.86. The number of hydrogen-bond donors (Lipinski definition) is 0. The zero-order chi connectivity index (χ0) is 21.1. The minimum Gasteiger partial charge on any atom is -0.378 e. The first-order chi connectivity index (χ1) is 14.5. The molecule has 0 radical (unpaired) electrons. The number of rotatable bonds is 3. The molecule has 1 aromatic carbocycles. The molecule has 1 unspecified atom stereocenters. The number of morpholine rings is 1. The number of aromatic nitrogens is 2. The molecular formula is C21H23FN4O4. The number of nitrogens with zero attached hydrogens (tertiary/aromatic N) is 4. The molecule has 2 fully saturated rings. The van der Waals surface area contributed by atoms with Gasteiger partial charge in [0.05, 0.1) is 24.8 Å². The van der Waals surface area contributed by atoms with Gasteiger partial charge < -0.3 is 14.5 Å². The molecule has 0 saturated carbocycles. The number of ether oxygens (including phenoxy) is 1. The Bertz CT molecular complexity index is 985. The summed E-state index contributed by atoms with van der Waals surface area (Å²) < 4.78 is 19.6. The molecule has 9 heteroatoms. The monoisotopic (exact) mass is 414 g/mol. The molecule has 2 aliphatic rings. The molecule has 0 aliphatic carbocycles. The maximum Gasteiger partial charge on any atom is 0.274 e. The average Bonchev–Trinajstić information content (AvgIpc) is 2.80. The quantitative estimate of drug-likeness (QED) is 0.751. The highest BCUT2D eigenvalue weighted by Gasteiger charge is 2.32. The third-order valence-corrected chi connectivity index (χ3v) is 5.47. The van der Waals surface area contributed by atoms with Crippen molar-refractivity contribution in [3.63, 3.8) is 0 Å². The molecule has 0 spiro atoms. The number of piperidine rings is 1. The van der Waals surface area contributed by atoms with Crippen molar-refractivity contribution in [3.8, 4) is 5.69 Å². The van der Waals surface area contributed by atoms with Crippen LogP contribution in [0.3, 0.4) is 0 Å². The molecule has 2 amide bonds. The first-order valence-electron chi connectivity index (χ1n) is 10.0. The van der Waals surface area contributed by atoms with Crippen LogP contribution in [0.2, 0.25) is 0 Å². The highest BCUT2D eigenvalue weighted by atomic mass is 19.1.